The number of nitrogens with zero attached hydrogens (tertiary/aromatic N) is 1. The molecule has 15 heavy (non-hydrogen) atoms. The van der Waals surface area contributed by atoms with Gasteiger partial charge in [0.15, 0.2) is 0 Å². The van der Waals surface area contributed by atoms with E-state index in [-0.39, 0.29) is 12.2 Å². The van der Waals surface area contributed by atoms with E-state index in [9.17, 15) is 0 Å². The van der Waals surface area contributed by atoms with Crippen LogP contribution in [0.15, 0.2) is 12.2 Å². The third-order valence-electron chi connectivity index (χ3n) is 2.99. The zero-order valence-corrected chi connectivity index (χ0v) is 10.3. The molecule has 1 aliphatic rings. The minimum absolute atomic E-state index is 0.0801. The third kappa shape index (κ3) is 3.59. The molecule has 0 aromatic rings. The lowest BCUT2D eigenvalue weighted by molar-refractivity contribution is -0.0346. The van der Waals surface area contributed by atoms with E-state index >= 15 is 0 Å². The lowest BCUT2D eigenvalue weighted by Crippen LogP contribution is -2.44. The van der Waals surface area contributed by atoms with Crippen LogP contribution >= 0.6 is 0 Å². The van der Waals surface area contributed by atoms with Gasteiger partial charge < -0.3 is 9.47 Å². The molecular formula is C12H23NO2. The van der Waals surface area contributed by atoms with Gasteiger partial charge in [0.05, 0.1) is 6.10 Å². The highest BCUT2D eigenvalue weighted by Gasteiger charge is 2.24. The Balaban J connectivity index is 2.69. The van der Waals surface area contributed by atoms with Crippen LogP contribution in [-0.2, 0) is 9.47 Å². The van der Waals surface area contributed by atoms with Crippen molar-refractivity contribution in [3.05, 3.63) is 12.2 Å². The van der Waals surface area contributed by atoms with Crippen LogP contribution in [0.3, 0.4) is 0 Å². The third-order valence-corrected chi connectivity index (χ3v) is 2.99. The first-order valence-electron chi connectivity index (χ1n) is 5.65. The predicted molar refractivity (Wildman–Crippen MR) is 62.1 cm³/mol. The molecule has 0 saturated heterocycles. The second-order valence-electron chi connectivity index (χ2n) is 4.28. The number of hydrogen-bond acceptors (Lipinski definition) is 3. The highest BCUT2D eigenvalue weighted by Crippen LogP contribution is 2.13. The van der Waals surface area contributed by atoms with Crippen molar-refractivity contribution in [1.82, 2.24) is 4.90 Å². The van der Waals surface area contributed by atoms with Gasteiger partial charge in [-0.05, 0) is 20.3 Å². The van der Waals surface area contributed by atoms with E-state index < -0.39 is 0 Å². The van der Waals surface area contributed by atoms with Gasteiger partial charge in [-0.3, -0.25) is 4.90 Å². The lowest BCUT2D eigenvalue weighted by atomic mass is 10.1. The van der Waals surface area contributed by atoms with Crippen molar-refractivity contribution in [3.8, 4) is 0 Å². The minimum Gasteiger partial charge on any atom is -0.377 e. The molecule has 3 heteroatoms. The van der Waals surface area contributed by atoms with Crippen LogP contribution in [0.5, 0.6) is 0 Å². The van der Waals surface area contributed by atoms with Gasteiger partial charge in [0.1, 0.15) is 6.10 Å². The molecule has 0 N–H and O–H groups in total. The Labute approximate surface area is 93.0 Å². The standard InChI is InChI=1S/C12H23NO2/c1-10(2)13-8-6-5-7-11(14-3)12(9-13)15-4/h5,7,10-12H,6,8-9H2,1-4H3/b7-5-. The summed E-state index contributed by atoms with van der Waals surface area (Å²) in [5, 5.41) is 0. The first kappa shape index (κ1) is 12.7. The Morgan fingerprint density at radius 1 is 1.27 bits per heavy atom. The highest BCUT2D eigenvalue weighted by atomic mass is 16.5. The lowest BCUT2D eigenvalue weighted by Gasteiger charge is -2.33. The average Bonchev–Trinajstić information content (AvgIpc) is 2.17. The van der Waals surface area contributed by atoms with Crippen molar-refractivity contribution in [2.75, 3.05) is 27.3 Å². The van der Waals surface area contributed by atoms with Crippen LogP contribution in [0.2, 0.25) is 0 Å². The number of methoxy groups -OCH3 is 2. The first-order chi connectivity index (χ1) is 7.19. The smallest absolute Gasteiger partial charge is 0.103 e. The molecule has 0 spiro atoms. The maximum Gasteiger partial charge on any atom is 0.103 e. The van der Waals surface area contributed by atoms with E-state index in [0.717, 1.165) is 19.5 Å². The summed E-state index contributed by atoms with van der Waals surface area (Å²) < 4.78 is 10.9. The van der Waals surface area contributed by atoms with Crippen molar-refractivity contribution in [2.45, 2.75) is 38.5 Å². The molecule has 0 saturated carbocycles. The Hall–Kier alpha value is -0.380. The Kier molecular flexibility index (Phi) is 5.29. The van der Waals surface area contributed by atoms with Gasteiger partial charge in [-0.2, -0.15) is 0 Å². The van der Waals surface area contributed by atoms with Gasteiger partial charge >= 0.3 is 0 Å². The van der Waals surface area contributed by atoms with Crippen LogP contribution in [0.4, 0.5) is 0 Å². The van der Waals surface area contributed by atoms with E-state index in [4.69, 9.17) is 9.47 Å². The fraction of sp³-hybridized carbons (Fsp3) is 0.833. The van der Waals surface area contributed by atoms with Crippen molar-refractivity contribution in [1.29, 1.82) is 0 Å². The summed E-state index contributed by atoms with van der Waals surface area (Å²) in [6.07, 6.45) is 5.61. The van der Waals surface area contributed by atoms with E-state index in [2.05, 4.69) is 30.9 Å². The largest absolute Gasteiger partial charge is 0.377 e. The summed E-state index contributed by atoms with van der Waals surface area (Å²) in [5.74, 6) is 0. The van der Waals surface area contributed by atoms with Gasteiger partial charge in [0, 0.05) is 33.4 Å². The van der Waals surface area contributed by atoms with Crippen molar-refractivity contribution in [2.24, 2.45) is 0 Å². The van der Waals surface area contributed by atoms with Crippen LogP contribution < -0.4 is 0 Å². The summed E-state index contributed by atoms with van der Waals surface area (Å²) in [5.41, 5.74) is 0. The molecule has 1 aliphatic heterocycles. The Bertz CT molecular complexity index is 204. The predicted octanol–water partition coefficient (Wildman–Crippen LogP) is 1.69. The molecule has 2 atom stereocenters. The first-order valence-corrected chi connectivity index (χ1v) is 5.65. The van der Waals surface area contributed by atoms with Crippen LogP contribution in [-0.4, -0.2) is 50.5 Å². The Morgan fingerprint density at radius 2 is 2.00 bits per heavy atom. The van der Waals surface area contributed by atoms with Crippen molar-refractivity contribution in [3.63, 3.8) is 0 Å². The molecule has 0 aromatic heterocycles. The number of ether oxygens (including phenoxy) is 2. The van der Waals surface area contributed by atoms with E-state index in [1.807, 2.05) is 0 Å². The van der Waals surface area contributed by atoms with Crippen LogP contribution in [0.25, 0.3) is 0 Å². The van der Waals surface area contributed by atoms with Gasteiger partial charge in [-0.1, -0.05) is 12.2 Å². The molecule has 2 unspecified atom stereocenters. The monoisotopic (exact) mass is 213 g/mol. The molecule has 0 bridgehead atoms. The van der Waals surface area contributed by atoms with E-state index in [1.54, 1.807) is 14.2 Å². The number of rotatable bonds is 3. The Morgan fingerprint density at radius 3 is 2.53 bits per heavy atom. The highest BCUT2D eigenvalue weighted by molar-refractivity contribution is 4.97. The molecule has 0 fully saturated rings. The zero-order chi connectivity index (χ0) is 11.3. The summed E-state index contributed by atoms with van der Waals surface area (Å²) in [6.45, 7) is 6.49. The topological polar surface area (TPSA) is 21.7 Å². The molecule has 1 rings (SSSR count). The molecule has 1 heterocycles. The van der Waals surface area contributed by atoms with Gasteiger partial charge in [0.2, 0.25) is 0 Å². The van der Waals surface area contributed by atoms with Gasteiger partial charge in [-0.15, -0.1) is 0 Å². The fourth-order valence-corrected chi connectivity index (χ4v) is 1.93. The second-order valence-corrected chi connectivity index (χ2v) is 4.28. The maximum absolute atomic E-state index is 5.49. The van der Waals surface area contributed by atoms with Gasteiger partial charge in [-0.25, -0.2) is 0 Å². The van der Waals surface area contributed by atoms with Gasteiger partial charge in [0.25, 0.3) is 0 Å². The molecule has 0 amide bonds. The van der Waals surface area contributed by atoms with Crippen molar-refractivity contribution < 1.29 is 9.47 Å². The fourth-order valence-electron chi connectivity index (χ4n) is 1.93. The zero-order valence-electron chi connectivity index (χ0n) is 10.3. The normalized spacial score (nSPS) is 31.3. The summed E-state index contributed by atoms with van der Waals surface area (Å²) in [6, 6.07) is 0.562. The summed E-state index contributed by atoms with van der Waals surface area (Å²) in [7, 11) is 3.49. The number of hydrogen-bond donors (Lipinski definition) is 0. The van der Waals surface area contributed by atoms with Crippen LogP contribution in [0.1, 0.15) is 20.3 Å². The van der Waals surface area contributed by atoms with E-state index in [1.165, 1.54) is 0 Å². The molecule has 0 aliphatic carbocycles. The minimum atomic E-state index is 0.0801. The molecular weight excluding hydrogens is 190 g/mol. The van der Waals surface area contributed by atoms with E-state index in [0.29, 0.717) is 6.04 Å². The quantitative estimate of drug-likeness (QED) is 0.666. The summed E-state index contributed by atoms with van der Waals surface area (Å²) >= 11 is 0. The molecule has 0 aromatic carbocycles. The second kappa shape index (κ2) is 6.26. The summed E-state index contributed by atoms with van der Waals surface area (Å²) in [4.78, 5) is 2.43. The molecule has 3 nitrogen and oxygen atoms in total. The average molecular weight is 213 g/mol. The maximum atomic E-state index is 5.49. The van der Waals surface area contributed by atoms with Crippen LogP contribution in [0, 0.1) is 0 Å². The SMILES string of the molecule is COC1/C=C\CCN(C(C)C)CC1OC. The van der Waals surface area contributed by atoms with Crippen molar-refractivity contribution >= 4 is 0 Å². The molecule has 0 radical (unpaired) electrons. The molecule has 88 valence electrons.